The topological polar surface area (TPSA) is 53.6 Å². The van der Waals surface area contributed by atoms with Crippen molar-refractivity contribution in [2.24, 2.45) is 0 Å². The Kier molecular flexibility index (Phi) is 7.11. The maximum absolute atomic E-state index is 12.3. The molecule has 5 nitrogen and oxygen atoms in total. The van der Waals surface area contributed by atoms with Crippen LogP contribution in [0.1, 0.15) is 36.4 Å². The summed E-state index contributed by atoms with van der Waals surface area (Å²) in [6, 6.07) is 18.1. The number of ether oxygens (including phenoxy) is 1. The van der Waals surface area contributed by atoms with Gasteiger partial charge in [0, 0.05) is 13.1 Å². The van der Waals surface area contributed by atoms with E-state index in [0.717, 1.165) is 24.4 Å². The Morgan fingerprint density at radius 1 is 1.04 bits per heavy atom. The van der Waals surface area contributed by atoms with Gasteiger partial charge in [0.25, 0.3) is 0 Å². The van der Waals surface area contributed by atoms with Crippen molar-refractivity contribution < 1.29 is 9.53 Å². The molecule has 2 amide bonds. The Labute approximate surface area is 161 Å². The summed E-state index contributed by atoms with van der Waals surface area (Å²) in [5.41, 5.74) is 2.27. The monoisotopic (exact) mass is 367 g/mol. The molecular formula is C22H29N3O2. The quantitative estimate of drug-likeness (QED) is 0.784. The van der Waals surface area contributed by atoms with Gasteiger partial charge in [-0.25, -0.2) is 4.79 Å². The molecule has 1 saturated heterocycles. The second-order valence-electron chi connectivity index (χ2n) is 6.94. The van der Waals surface area contributed by atoms with Gasteiger partial charge in [-0.2, -0.15) is 0 Å². The number of carbonyl (C=O) groups excluding carboxylic acids is 1. The number of hydrogen-bond acceptors (Lipinski definition) is 3. The minimum absolute atomic E-state index is 0.135. The van der Waals surface area contributed by atoms with Crippen LogP contribution in [0.2, 0.25) is 0 Å². The fourth-order valence-electron chi connectivity index (χ4n) is 3.57. The molecule has 0 saturated carbocycles. The minimum atomic E-state index is -0.135. The average molecular weight is 367 g/mol. The molecule has 0 spiro atoms. The van der Waals surface area contributed by atoms with E-state index in [-0.39, 0.29) is 12.1 Å². The summed E-state index contributed by atoms with van der Waals surface area (Å²) in [6.07, 6.45) is 3.70. The smallest absolute Gasteiger partial charge is 0.315 e. The maximum atomic E-state index is 12.3. The Morgan fingerprint density at radius 2 is 1.81 bits per heavy atom. The Morgan fingerprint density at radius 3 is 2.56 bits per heavy atom. The summed E-state index contributed by atoms with van der Waals surface area (Å²) in [5, 5.41) is 5.99. The molecule has 1 heterocycles. The lowest BCUT2D eigenvalue weighted by Gasteiger charge is -2.35. The van der Waals surface area contributed by atoms with Crippen LogP contribution in [-0.2, 0) is 6.54 Å². The first-order chi connectivity index (χ1) is 13.3. The second-order valence-corrected chi connectivity index (χ2v) is 6.94. The highest BCUT2D eigenvalue weighted by Gasteiger charge is 2.23. The van der Waals surface area contributed by atoms with Crippen molar-refractivity contribution in [2.45, 2.75) is 31.8 Å². The van der Waals surface area contributed by atoms with E-state index in [1.54, 1.807) is 7.11 Å². The zero-order valence-electron chi connectivity index (χ0n) is 16.0. The summed E-state index contributed by atoms with van der Waals surface area (Å²) in [4.78, 5) is 14.8. The van der Waals surface area contributed by atoms with Crippen molar-refractivity contribution in [3.8, 4) is 5.75 Å². The van der Waals surface area contributed by atoms with Crippen molar-refractivity contribution >= 4 is 6.03 Å². The van der Waals surface area contributed by atoms with Crippen LogP contribution in [0.25, 0.3) is 0 Å². The lowest BCUT2D eigenvalue weighted by Crippen LogP contribution is -2.43. The Hall–Kier alpha value is -2.53. The molecule has 5 heteroatoms. The molecule has 0 aromatic heterocycles. The van der Waals surface area contributed by atoms with Crippen LogP contribution < -0.4 is 15.4 Å². The van der Waals surface area contributed by atoms with Crippen LogP contribution in [0, 0.1) is 0 Å². The highest BCUT2D eigenvalue weighted by molar-refractivity contribution is 5.73. The number of hydrogen-bond donors (Lipinski definition) is 2. The van der Waals surface area contributed by atoms with Crippen molar-refractivity contribution in [1.29, 1.82) is 0 Å². The third-order valence-corrected chi connectivity index (χ3v) is 5.06. The molecule has 1 unspecified atom stereocenters. The van der Waals surface area contributed by atoms with E-state index < -0.39 is 0 Å². The summed E-state index contributed by atoms with van der Waals surface area (Å²) in [6.45, 7) is 3.23. The van der Waals surface area contributed by atoms with Crippen molar-refractivity contribution in [1.82, 2.24) is 15.5 Å². The number of benzene rings is 2. The van der Waals surface area contributed by atoms with Crippen LogP contribution in [0.4, 0.5) is 4.79 Å². The minimum Gasteiger partial charge on any atom is -0.497 e. The number of nitrogens with one attached hydrogen (secondary N) is 2. The lowest BCUT2D eigenvalue weighted by molar-refractivity contribution is 0.160. The largest absolute Gasteiger partial charge is 0.497 e. The van der Waals surface area contributed by atoms with Crippen molar-refractivity contribution in [2.75, 3.05) is 26.7 Å². The summed E-state index contributed by atoms with van der Waals surface area (Å²) in [5.74, 6) is 0.850. The molecule has 1 fully saturated rings. The summed E-state index contributed by atoms with van der Waals surface area (Å²) >= 11 is 0. The molecule has 3 rings (SSSR count). The SMILES string of the molecule is COc1cccc(C(CNC(=O)NCc2ccccc2)N2CCCCC2)c1. The third kappa shape index (κ3) is 5.73. The molecule has 2 N–H and O–H groups in total. The number of urea groups is 1. The first-order valence-electron chi connectivity index (χ1n) is 9.70. The van der Waals surface area contributed by atoms with Gasteiger partial charge < -0.3 is 15.4 Å². The molecule has 2 aromatic carbocycles. The Balaban J connectivity index is 1.61. The van der Waals surface area contributed by atoms with E-state index in [1.165, 1.54) is 24.8 Å². The first-order valence-corrected chi connectivity index (χ1v) is 9.70. The van der Waals surface area contributed by atoms with Crippen LogP contribution in [0.5, 0.6) is 5.75 Å². The lowest BCUT2D eigenvalue weighted by atomic mass is 10.0. The normalized spacial score (nSPS) is 15.7. The average Bonchev–Trinajstić information content (AvgIpc) is 2.74. The van der Waals surface area contributed by atoms with Gasteiger partial charge in [0.2, 0.25) is 0 Å². The van der Waals surface area contributed by atoms with Gasteiger partial charge in [0.05, 0.1) is 13.2 Å². The van der Waals surface area contributed by atoms with Gasteiger partial charge in [-0.15, -0.1) is 0 Å². The third-order valence-electron chi connectivity index (χ3n) is 5.06. The molecule has 2 aromatic rings. The zero-order chi connectivity index (χ0) is 18.9. The number of carbonyl (C=O) groups is 1. The van der Waals surface area contributed by atoms with Crippen molar-refractivity contribution in [3.63, 3.8) is 0 Å². The zero-order valence-corrected chi connectivity index (χ0v) is 16.0. The summed E-state index contributed by atoms with van der Waals surface area (Å²) < 4.78 is 5.39. The maximum Gasteiger partial charge on any atom is 0.315 e. The molecule has 0 bridgehead atoms. The Bertz CT molecular complexity index is 715. The highest BCUT2D eigenvalue weighted by atomic mass is 16.5. The van der Waals surface area contributed by atoms with E-state index in [0.29, 0.717) is 13.1 Å². The van der Waals surface area contributed by atoms with Gasteiger partial charge in [-0.05, 0) is 49.2 Å². The number of nitrogens with zero attached hydrogens (tertiary/aromatic N) is 1. The molecule has 144 valence electrons. The number of rotatable bonds is 7. The van der Waals surface area contributed by atoms with E-state index in [9.17, 15) is 4.79 Å². The van der Waals surface area contributed by atoms with Gasteiger partial charge in [-0.3, -0.25) is 4.90 Å². The predicted molar refractivity (Wildman–Crippen MR) is 108 cm³/mol. The second kappa shape index (κ2) is 9.97. The fourth-order valence-corrected chi connectivity index (χ4v) is 3.57. The standard InChI is InChI=1S/C22H29N3O2/c1-27-20-12-8-11-19(15-20)21(25-13-6-3-7-14-25)17-24-22(26)23-16-18-9-4-2-5-10-18/h2,4-5,8-12,15,21H,3,6-7,13-14,16-17H2,1H3,(H2,23,24,26). The first kappa shape index (κ1) is 19.2. The van der Waals surface area contributed by atoms with Gasteiger partial charge in [-0.1, -0.05) is 48.9 Å². The predicted octanol–water partition coefficient (Wildman–Crippen LogP) is 3.72. The van der Waals surface area contributed by atoms with E-state index in [4.69, 9.17) is 4.74 Å². The molecule has 1 aliphatic heterocycles. The molecule has 0 radical (unpaired) electrons. The number of likely N-dealkylation sites (tertiary alicyclic amines) is 1. The van der Waals surface area contributed by atoms with Crippen molar-refractivity contribution in [3.05, 3.63) is 65.7 Å². The molecular weight excluding hydrogens is 338 g/mol. The van der Waals surface area contributed by atoms with Crippen LogP contribution in [0.15, 0.2) is 54.6 Å². The summed E-state index contributed by atoms with van der Waals surface area (Å²) in [7, 11) is 1.68. The molecule has 27 heavy (non-hydrogen) atoms. The van der Waals surface area contributed by atoms with Crippen LogP contribution >= 0.6 is 0 Å². The van der Waals surface area contributed by atoms with Gasteiger partial charge in [0.15, 0.2) is 0 Å². The number of amides is 2. The number of piperidine rings is 1. The fraction of sp³-hybridized carbons (Fsp3) is 0.409. The van der Waals surface area contributed by atoms with E-state index >= 15 is 0 Å². The highest BCUT2D eigenvalue weighted by Crippen LogP contribution is 2.26. The van der Waals surface area contributed by atoms with E-state index in [1.807, 2.05) is 42.5 Å². The molecule has 0 aliphatic carbocycles. The van der Waals surface area contributed by atoms with Gasteiger partial charge >= 0.3 is 6.03 Å². The van der Waals surface area contributed by atoms with Crippen LogP contribution in [0.3, 0.4) is 0 Å². The van der Waals surface area contributed by atoms with Crippen LogP contribution in [-0.4, -0.2) is 37.7 Å². The molecule has 1 aliphatic rings. The number of methoxy groups -OCH3 is 1. The molecule has 1 atom stereocenters. The van der Waals surface area contributed by atoms with E-state index in [2.05, 4.69) is 27.7 Å². The van der Waals surface area contributed by atoms with Gasteiger partial charge in [0.1, 0.15) is 5.75 Å².